The molecule has 0 aromatic heterocycles. The van der Waals surface area contributed by atoms with Crippen molar-refractivity contribution in [3.63, 3.8) is 0 Å². The summed E-state index contributed by atoms with van der Waals surface area (Å²) in [6.45, 7) is 0.869. The number of carbonyl (C=O) groups is 1. The Bertz CT molecular complexity index is 354. The van der Waals surface area contributed by atoms with E-state index in [9.17, 15) is 13.2 Å². The number of likely N-dealkylation sites (N-methyl/N-ethyl adjacent to an activating group) is 1. The van der Waals surface area contributed by atoms with Gasteiger partial charge >= 0.3 is 5.97 Å². The van der Waals surface area contributed by atoms with E-state index in [4.69, 9.17) is 5.11 Å². The van der Waals surface area contributed by atoms with Crippen LogP contribution in [0.15, 0.2) is 0 Å². The third-order valence-corrected chi connectivity index (χ3v) is 3.96. The van der Waals surface area contributed by atoms with E-state index in [1.165, 1.54) is 4.31 Å². The van der Waals surface area contributed by atoms with Crippen LogP contribution in [0.1, 0.15) is 0 Å². The van der Waals surface area contributed by atoms with Crippen LogP contribution in [0.25, 0.3) is 0 Å². The van der Waals surface area contributed by atoms with E-state index in [0.717, 1.165) is 0 Å². The van der Waals surface area contributed by atoms with Gasteiger partial charge in [0.05, 0.1) is 5.92 Å². The number of carboxylic acids is 1. The van der Waals surface area contributed by atoms with Crippen molar-refractivity contribution in [3.05, 3.63) is 0 Å². The molecule has 0 amide bonds. The van der Waals surface area contributed by atoms with Crippen LogP contribution in [0.4, 0.5) is 0 Å². The number of nitrogens with one attached hydrogen (secondary N) is 1. The van der Waals surface area contributed by atoms with Crippen LogP contribution >= 0.6 is 0 Å². The molecular formula is C8H17N3O4S. The monoisotopic (exact) mass is 251 g/mol. The molecule has 2 N–H and O–H groups in total. The fourth-order valence-corrected chi connectivity index (χ4v) is 2.69. The second-order valence-electron chi connectivity index (χ2n) is 4.05. The average Bonchev–Trinajstić information content (AvgIpc) is 2.14. The van der Waals surface area contributed by atoms with Gasteiger partial charge in [0, 0.05) is 26.2 Å². The first-order chi connectivity index (χ1) is 7.33. The highest BCUT2D eigenvalue weighted by Crippen LogP contribution is 2.11. The van der Waals surface area contributed by atoms with Crippen molar-refractivity contribution in [3.8, 4) is 0 Å². The van der Waals surface area contributed by atoms with Crippen molar-refractivity contribution in [1.82, 2.24) is 13.9 Å². The number of hydrogen-bond acceptors (Lipinski definition) is 4. The van der Waals surface area contributed by atoms with E-state index in [1.54, 1.807) is 0 Å². The minimum atomic E-state index is -3.49. The van der Waals surface area contributed by atoms with Gasteiger partial charge < -0.3 is 10.0 Å². The molecule has 1 unspecified atom stereocenters. The van der Waals surface area contributed by atoms with Gasteiger partial charge in [-0.25, -0.2) is 4.72 Å². The number of rotatable bonds is 4. The van der Waals surface area contributed by atoms with Crippen LogP contribution in [-0.4, -0.2) is 69.0 Å². The smallest absolute Gasteiger partial charge is 0.309 e. The van der Waals surface area contributed by atoms with Crippen LogP contribution in [0.3, 0.4) is 0 Å². The van der Waals surface area contributed by atoms with Crippen molar-refractivity contribution < 1.29 is 18.3 Å². The summed E-state index contributed by atoms with van der Waals surface area (Å²) in [5, 5.41) is 8.83. The fraction of sp³-hybridized carbons (Fsp3) is 0.875. The number of nitrogens with zero attached hydrogens (tertiary/aromatic N) is 2. The van der Waals surface area contributed by atoms with Gasteiger partial charge in [0.1, 0.15) is 0 Å². The van der Waals surface area contributed by atoms with Crippen LogP contribution < -0.4 is 4.72 Å². The SMILES string of the molecule is CN(C)CCN1CC(C(=O)O)CNS1(=O)=O. The Morgan fingerprint density at radius 2 is 2.19 bits per heavy atom. The van der Waals surface area contributed by atoms with E-state index < -0.39 is 22.1 Å². The van der Waals surface area contributed by atoms with Gasteiger partial charge in [-0.2, -0.15) is 12.7 Å². The Kier molecular flexibility index (Phi) is 4.25. The summed E-state index contributed by atoms with van der Waals surface area (Å²) >= 11 is 0. The Morgan fingerprint density at radius 3 is 2.69 bits per heavy atom. The molecule has 1 aliphatic heterocycles. The molecule has 1 heterocycles. The minimum absolute atomic E-state index is 0.0316. The zero-order valence-corrected chi connectivity index (χ0v) is 10.2. The van der Waals surface area contributed by atoms with E-state index in [2.05, 4.69) is 4.72 Å². The molecule has 16 heavy (non-hydrogen) atoms. The zero-order valence-electron chi connectivity index (χ0n) is 9.38. The standard InChI is InChI=1S/C8H17N3O4S/c1-10(2)3-4-11-6-7(8(12)13)5-9-16(11,14)15/h7,9H,3-6H2,1-2H3,(H,12,13). The third kappa shape index (κ3) is 3.41. The fourth-order valence-electron chi connectivity index (χ4n) is 1.39. The third-order valence-electron chi connectivity index (χ3n) is 2.42. The highest BCUT2D eigenvalue weighted by Gasteiger charge is 2.34. The molecule has 0 aromatic carbocycles. The highest BCUT2D eigenvalue weighted by molar-refractivity contribution is 7.87. The van der Waals surface area contributed by atoms with Gasteiger partial charge in [0.2, 0.25) is 0 Å². The molecule has 0 aromatic rings. The summed E-state index contributed by atoms with van der Waals surface area (Å²) in [4.78, 5) is 12.6. The summed E-state index contributed by atoms with van der Waals surface area (Å²) in [6.07, 6.45) is 0. The molecule has 1 aliphatic rings. The lowest BCUT2D eigenvalue weighted by atomic mass is 10.1. The second-order valence-corrected chi connectivity index (χ2v) is 5.81. The minimum Gasteiger partial charge on any atom is -0.481 e. The number of hydrogen-bond donors (Lipinski definition) is 2. The molecule has 0 aliphatic carbocycles. The molecule has 1 fully saturated rings. The highest BCUT2D eigenvalue weighted by atomic mass is 32.2. The lowest BCUT2D eigenvalue weighted by molar-refractivity contribution is -0.141. The van der Waals surface area contributed by atoms with E-state index >= 15 is 0 Å². The normalized spacial score (nSPS) is 25.8. The van der Waals surface area contributed by atoms with Crippen LogP contribution in [0, 0.1) is 5.92 Å². The summed E-state index contributed by atoms with van der Waals surface area (Å²) in [5.74, 6) is -1.65. The van der Waals surface area contributed by atoms with Crippen molar-refractivity contribution in [2.24, 2.45) is 5.92 Å². The largest absolute Gasteiger partial charge is 0.481 e. The molecule has 0 radical (unpaired) electrons. The predicted molar refractivity (Wildman–Crippen MR) is 58.2 cm³/mol. The van der Waals surface area contributed by atoms with Gasteiger partial charge in [0.25, 0.3) is 10.2 Å². The van der Waals surface area contributed by atoms with E-state index in [1.807, 2.05) is 19.0 Å². The molecule has 94 valence electrons. The zero-order chi connectivity index (χ0) is 12.3. The van der Waals surface area contributed by atoms with E-state index in [-0.39, 0.29) is 13.1 Å². The maximum absolute atomic E-state index is 11.6. The van der Waals surface area contributed by atoms with Crippen LogP contribution in [0.2, 0.25) is 0 Å². The van der Waals surface area contributed by atoms with Gasteiger partial charge in [0.15, 0.2) is 0 Å². The summed E-state index contributed by atoms with van der Waals surface area (Å²) in [6, 6.07) is 0. The van der Waals surface area contributed by atoms with Crippen molar-refractivity contribution >= 4 is 16.2 Å². The topological polar surface area (TPSA) is 89.9 Å². The van der Waals surface area contributed by atoms with Crippen molar-refractivity contribution in [2.45, 2.75) is 0 Å². The molecule has 0 spiro atoms. The molecule has 1 rings (SSSR count). The maximum Gasteiger partial charge on any atom is 0.309 e. The Balaban J connectivity index is 2.65. The first kappa shape index (κ1) is 13.4. The molecular weight excluding hydrogens is 234 g/mol. The number of aliphatic carboxylic acids is 1. The summed E-state index contributed by atoms with van der Waals surface area (Å²) < 4.78 is 26.6. The van der Waals surface area contributed by atoms with Gasteiger partial charge in [-0.05, 0) is 14.1 Å². The van der Waals surface area contributed by atoms with E-state index in [0.29, 0.717) is 13.1 Å². The lowest BCUT2D eigenvalue weighted by Crippen LogP contribution is -2.54. The maximum atomic E-state index is 11.6. The second kappa shape index (κ2) is 5.09. The quantitative estimate of drug-likeness (QED) is 0.628. The Morgan fingerprint density at radius 1 is 1.56 bits per heavy atom. The molecule has 7 nitrogen and oxygen atoms in total. The Hall–Kier alpha value is -0.700. The summed E-state index contributed by atoms with van der Waals surface area (Å²) in [7, 11) is 0.172. The van der Waals surface area contributed by atoms with Gasteiger partial charge in [-0.1, -0.05) is 0 Å². The molecule has 1 atom stereocenters. The lowest BCUT2D eigenvalue weighted by Gasteiger charge is -2.31. The van der Waals surface area contributed by atoms with Crippen molar-refractivity contribution in [2.75, 3.05) is 40.3 Å². The first-order valence-corrected chi connectivity index (χ1v) is 6.39. The molecule has 1 saturated heterocycles. The molecule has 0 bridgehead atoms. The average molecular weight is 251 g/mol. The summed E-state index contributed by atoms with van der Waals surface area (Å²) in [5.41, 5.74) is 0. The Labute approximate surface area is 95.2 Å². The predicted octanol–water partition coefficient (Wildman–Crippen LogP) is -1.60. The molecule has 8 heteroatoms. The molecule has 0 saturated carbocycles. The van der Waals surface area contributed by atoms with Crippen molar-refractivity contribution in [1.29, 1.82) is 0 Å². The number of carboxylic acid groups (broad SMARTS) is 1. The van der Waals surface area contributed by atoms with Gasteiger partial charge in [-0.3, -0.25) is 4.79 Å². The van der Waals surface area contributed by atoms with Crippen LogP contribution in [-0.2, 0) is 15.0 Å². The van der Waals surface area contributed by atoms with Gasteiger partial charge in [-0.15, -0.1) is 0 Å². The van der Waals surface area contributed by atoms with Crippen LogP contribution in [0.5, 0.6) is 0 Å². The first-order valence-electron chi connectivity index (χ1n) is 4.95.